The molecule has 0 aliphatic heterocycles. The highest BCUT2D eigenvalue weighted by atomic mass is 16.5. The van der Waals surface area contributed by atoms with E-state index in [1.165, 1.54) is 19.3 Å². The molecular weight excluding hydrogens is 188 g/mol. The molecule has 3 nitrogen and oxygen atoms in total. The zero-order valence-electron chi connectivity index (χ0n) is 9.46. The molecule has 0 radical (unpaired) electrons. The summed E-state index contributed by atoms with van der Waals surface area (Å²) in [4.78, 5) is 0. The van der Waals surface area contributed by atoms with Crippen molar-refractivity contribution in [2.75, 3.05) is 13.7 Å². The van der Waals surface area contributed by atoms with Crippen LogP contribution in [0.5, 0.6) is 0 Å². The van der Waals surface area contributed by atoms with Crippen molar-refractivity contribution in [2.45, 2.75) is 50.2 Å². The van der Waals surface area contributed by atoms with Gasteiger partial charge < -0.3 is 4.74 Å². The molecule has 1 N–H and O–H groups in total. The third-order valence-electron chi connectivity index (χ3n) is 3.72. The highest BCUT2D eigenvalue weighted by molar-refractivity contribution is 5.14. The van der Waals surface area contributed by atoms with Gasteiger partial charge in [0.25, 0.3) is 0 Å². The van der Waals surface area contributed by atoms with Crippen LogP contribution in [0.1, 0.15) is 38.5 Å². The fourth-order valence-corrected chi connectivity index (χ4v) is 2.48. The van der Waals surface area contributed by atoms with Crippen molar-refractivity contribution in [2.24, 2.45) is 5.92 Å². The summed E-state index contributed by atoms with van der Waals surface area (Å²) in [5.74, 6) is 0.814. The Morgan fingerprint density at radius 2 is 2.20 bits per heavy atom. The average molecular weight is 208 g/mol. The Bertz CT molecular complexity index is 257. The lowest BCUT2D eigenvalue weighted by molar-refractivity contribution is 0.0126. The molecular formula is C12H20N2O. The number of nitrogens with zero attached hydrogens (tertiary/aromatic N) is 1. The van der Waals surface area contributed by atoms with E-state index in [1.54, 1.807) is 7.11 Å². The van der Waals surface area contributed by atoms with Gasteiger partial charge in [-0.05, 0) is 38.1 Å². The molecule has 2 aliphatic rings. The fraction of sp³-hybridized carbons (Fsp3) is 0.917. The zero-order valence-corrected chi connectivity index (χ0v) is 9.46. The molecule has 2 atom stereocenters. The standard InChI is InChI=1S/C12H20N2O/c1-15-11-4-2-3-7-12(11,9-13)14-8-10-5-6-10/h10-11,14H,2-8H2,1H3. The lowest BCUT2D eigenvalue weighted by Gasteiger charge is -2.38. The minimum absolute atomic E-state index is 0.0787. The van der Waals surface area contributed by atoms with Crippen LogP contribution in [0, 0.1) is 17.2 Å². The zero-order chi connectivity index (χ0) is 10.7. The van der Waals surface area contributed by atoms with Crippen LogP contribution in [0.2, 0.25) is 0 Å². The lowest BCUT2D eigenvalue weighted by atomic mass is 9.80. The van der Waals surface area contributed by atoms with Crippen molar-refractivity contribution >= 4 is 0 Å². The summed E-state index contributed by atoms with van der Waals surface area (Å²) >= 11 is 0. The normalized spacial score (nSPS) is 36.1. The predicted molar refractivity (Wildman–Crippen MR) is 58.3 cm³/mol. The smallest absolute Gasteiger partial charge is 0.133 e. The second kappa shape index (κ2) is 4.51. The predicted octanol–water partition coefficient (Wildman–Crippen LogP) is 1.84. The summed E-state index contributed by atoms with van der Waals surface area (Å²) in [6, 6.07) is 2.47. The fourth-order valence-electron chi connectivity index (χ4n) is 2.48. The number of nitriles is 1. The molecule has 3 heteroatoms. The first-order chi connectivity index (χ1) is 7.30. The Hall–Kier alpha value is -0.590. The van der Waals surface area contributed by atoms with Gasteiger partial charge in [-0.25, -0.2) is 0 Å². The van der Waals surface area contributed by atoms with Crippen LogP contribution in [0.15, 0.2) is 0 Å². The molecule has 0 spiro atoms. The quantitative estimate of drug-likeness (QED) is 0.766. The topological polar surface area (TPSA) is 45.0 Å². The van der Waals surface area contributed by atoms with E-state index in [9.17, 15) is 5.26 Å². The van der Waals surface area contributed by atoms with Gasteiger partial charge in [0.05, 0.1) is 12.2 Å². The molecule has 2 saturated carbocycles. The largest absolute Gasteiger partial charge is 0.378 e. The van der Waals surface area contributed by atoms with Gasteiger partial charge in [0.1, 0.15) is 5.54 Å². The average Bonchev–Trinajstić information content (AvgIpc) is 3.10. The van der Waals surface area contributed by atoms with Crippen molar-refractivity contribution in [3.05, 3.63) is 0 Å². The Morgan fingerprint density at radius 1 is 1.40 bits per heavy atom. The molecule has 0 saturated heterocycles. The first-order valence-electron chi connectivity index (χ1n) is 6.00. The second-order valence-corrected chi connectivity index (χ2v) is 4.88. The van der Waals surface area contributed by atoms with E-state index in [-0.39, 0.29) is 6.10 Å². The monoisotopic (exact) mass is 208 g/mol. The van der Waals surface area contributed by atoms with Crippen molar-refractivity contribution in [1.29, 1.82) is 5.26 Å². The summed E-state index contributed by atoms with van der Waals surface area (Å²) in [6.45, 7) is 0.993. The third kappa shape index (κ3) is 2.32. The van der Waals surface area contributed by atoms with Crippen LogP contribution >= 0.6 is 0 Å². The van der Waals surface area contributed by atoms with Crippen LogP contribution in [-0.2, 0) is 4.74 Å². The molecule has 2 unspecified atom stereocenters. The maximum atomic E-state index is 9.38. The van der Waals surface area contributed by atoms with E-state index in [1.807, 2.05) is 0 Å². The van der Waals surface area contributed by atoms with Crippen LogP contribution < -0.4 is 5.32 Å². The molecule has 0 heterocycles. The third-order valence-corrected chi connectivity index (χ3v) is 3.72. The van der Waals surface area contributed by atoms with Gasteiger partial charge in [0, 0.05) is 7.11 Å². The van der Waals surface area contributed by atoms with Gasteiger partial charge in [-0.2, -0.15) is 5.26 Å². The summed E-state index contributed by atoms with van der Waals surface area (Å²) < 4.78 is 5.47. The minimum Gasteiger partial charge on any atom is -0.378 e. The Kier molecular flexibility index (Phi) is 3.28. The first-order valence-corrected chi connectivity index (χ1v) is 6.00. The second-order valence-electron chi connectivity index (χ2n) is 4.88. The number of ether oxygens (including phenoxy) is 1. The van der Waals surface area contributed by atoms with Gasteiger partial charge in [0.2, 0.25) is 0 Å². The van der Waals surface area contributed by atoms with E-state index in [0.717, 1.165) is 31.7 Å². The Labute approximate surface area is 91.8 Å². The van der Waals surface area contributed by atoms with Crippen molar-refractivity contribution in [1.82, 2.24) is 5.32 Å². The molecule has 84 valence electrons. The molecule has 15 heavy (non-hydrogen) atoms. The van der Waals surface area contributed by atoms with E-state index < -0.39 is 5.54 Å². The minimum atomic E-state index is -0.407. The maximum absolute atomic E-state index is 9.38. The van der Waals surface area contributed by atoms with Crippen LogP contribution in [-0.4, -0.2) is 25.3 Å². The number of methoxy groups -OCH3 is 1. The van der Waals surface area contributed by atoms with Crippen molar-refractivity contribution < 1.29 is 4.74 Å². The van der Waals surface area contributed by atoms with Gasteiger partial charge in [-0.3, -0.25) is 5.32 Å². The van der Waals surface area contributed by atoms with Crippen LogP contribution in [0.4, 0.5) is 0 Å². The summed E-state index contributed by atoms with van der Waals surface area (Å²) in [5.41, 5.74) is -0.407. The molecule has 2 aliphatic carbocycles. The lowest BCUT2D eigenvalue weighted by Crippen LogP contribution is -2.56. The Morgan fingerprint density at radius 3 is 2.80 bits per heavy atom. The molecule has 2 rings (SSSR count). The molecule has 2 fully saturated rings. The number of hydrogen-bond acceptors (Lipinski definition) is 3. The Balaban J connectivity index is 1.98. The highest BCUT2D eigenvalue weighted by Crippen LogP contribution is 2.33. The van der Waals surface area contributed by atoms with E-state index in [0.29, 0.717) is 0 Å². The highest BCUT2D eigenvalue weighted by Gasteiger charge is 2.42. The summed E-state index contributed by atoms with van der Waals surface area (Å²) in [7, 11) is 1.72. The number of hydrogen-bond donors (Lipinski definition) is 1. The van der Waals surface area contributed by atoms with Crippen molar-refractivity contribution in [3.8, 4) is 6.07 Å². The number of nitrogens with one attached hydrogen (secondary N) is 1. The van der Waals surface area contributed by atoms with E-state index in [4.69, 9.17) is 4.74 Å². The van der Waals surface area contributed by atoms with Crippen LogP contribution in [0.3, 0.4) is 0 Å². The first kappa shape index (κ1) is 10.9. The summed E-state index contributed by atoms with van der Waals surface area (Å²) in [6.07, 6.45) is 7.02. The molecule has 0 aromatic rings. The summed E-state index contributed by atoms with van der Waals surface area (Å²) in [5, 5.41) is 12.8. The maximum Gasteiger partial charge on any atom is 0.133 e. The molecule has 0 amide bonds. The molecule has 0 aromatic carbocycles. The van der Waals surface area contributed by atoms with Gasteiger partial charge in [-0.1, -0.05) is 12.8 Å². The SMILES string of the molecule is COC1CCCCC1(C#N)NCC1CC1. The number of rotatable bonds is 4. The van der Waals surface area contributed by atoms with Crippen molar-refractivity contribution in [3.63, 3.8) is 0 Å². The van der Waals surface area contributed by atoms with E-state index in [2.05, 4.69) is 11.4 Å². The van der Waals surface area contributed by atoms with Gasteiger partial charge >= 0.3 is 0 Å². The molecule has 0 bridgehead atoms. The van der Waals surface area contributed by atoms with E-state index >= 15 is 0 Å². The van der Waals surface area contributed by atoms with Gasteiger partial charge in [0.15, 0.2) is 0 Å². The molecule has 0 aromatic heterocycles. The van der Waals surface area contributed by atoms with Crippen LogP contribution in [0.25, 0.3) is 0 Å². The van der Waals surface area contributed by atoms with Gasteiger partial charge in [-0.15, -0.1) is 0 Å².